The Hall–Kier alpha value is -0.800. The van der Waals surface area contributed by atoms with Gasteiger partial charge < -0.3 is 14.8 Å². The molecule has 62 valence electrons. The molecule has 1 aliphatic rings. The van der Waals surface area contributed by atoms with Gasteiger partial charge in [0, 0.05) is 0 Å². The first kappa shape index (κ1) is 8.30. The highest BCUT2D eigenvalue weighted by molar-refractivity contribution is 4.76. The van der Waals surface area contributed by atoms with Crippen LogP contribution in [0.4, 0.5) is 0 Å². The molecule has 0 atom stereocenters. The van der Waals surface area contributed by atoms with Gasteiger partial charge in [-0.05, 0) is 12.8 Å². The van der Waals surface area contributed by atoms with Crippen LogP contribution in [0, 0.1) is 5.21 Å². The van der Waals surface area contributed by atoms with Gasteiger partial charge in [0.15, 0.2) is 0 Å². The lowest BCUT2D eigenvalue weighted by atomic mass is 10.3. The maximum Gasteiger partial charge on any atom is 0.100 e. The van der Waals surface area contributed by atoms with E-state index in [9.17, 15) is 5.21 Å². The van der Waals surface area contributed by atoms with Crippen LogP contribution in [0.15, 0.2) is 25.6 Å². The highest BCUT2D eigenvalue weighted by Crippen LogP contribution is 2.10. The molecule has 0 saturated carbocycles. The summed E-state index contributed by atoms with van der Waals surface area (Å²) >= 11 is 0. The molecule has 1 heterocycles. The predicted octanol–water partition coefficient (Wildman–Crippen LogP) is 0.904. The zero-order valence-corrected chi connectivity index (χ0v) is 6.70. The molecule has 0 bridgehead atoms. The van der Waals surface area contributed by atoms with Crippen LogP contribution in [0.5, 0.6) is 0 Å². The van der Waals surface area contributed by atoms with E-state index in [4.69, 9.17) is 0 Å². The molecule has 0 N–H and O–H groups in total. The Morgan fingerprint density at radius 3 is 2.18 bits per heavy atom. The van der Waals surface area contributed by atoms with Crippen LogP contribution in [0.1, 0.15) is 0 Å². The van der Waals surface area contributed by atoms with Gasteiger partial charge >= 0.3 is 0 Å². The molecule has 11 heavy (non-hydrogen) atoms. The van der Waals surface area contributed by atoms with Gasteiger partial charge in [-0.25, -0.2) is 0 Å². The highest BCUT2D eigenvalue weighted by atomic mass is 16.5. The number of rotatable bonds is 2. The molecule has 0 unspecified atom stereocenters. The average molecular weight is 154 g/mol. The molecule has 0 amide bonds. The molecule has 1 aliphatic heterocycles. The van der Waals surface area contributed by atoms with E-state index < -0.39 is 0 Å². The Morgan fingerprint density at radius 1 is 1.27 bits per heavy atom. The number of hydrogen-bond donors (Lipinski definition) is 0. The summed E-state index contributed by atoms with van der Waals surface area (Å²) in [7, 11) is 0. The normalized spacial score (nSPS) is 22.8. The van der Waals surface area contributed by atoms with E-state index in [-0.39, 0.29) is 4.65 Å². The van der Waals surface area contributed by atoms with Gasteiger partial charge in [0.1, 0.15) is 13.1 Å². The van der Waals surface area contributed by atoms with E-state index >= 15 is 0 Å². The van der Waals surface area contributed by atoms with Gasteiger partial charge in [-0.2, -0.15) is 0 Å². The molecule has 3 nitrogen and oxygen atoms in total. The Labute approximate surface area is 67.4 Å². The standard InChI is InChI=1S/C8H14N2O/c1-3-9-5-7-10(11,4-2)8-6-9/h3-4H,1-2,5-8H2. The van der Waals surface area contributed by atoms with Gasteiger partial charge in [-0.15, -0.1) is 0 Å². The second-order valence-corrected chi connectivity index (χ2v) is 2.80. The largest absolute Gasteiger partial charge is 0.628 e. The summed E-state index contributed by atoms with van der Waals surface area (Å²) in [5, 5.41) is 11.5. The van der Waals surface area contributed by atoms with Crippen LogP contribution in [-0.4, -0.2) is 35.7 Å². The fourth-order valence-corrected chi connectivity index (χ4v) is 1.18. The molecule has 0 aromatic rings. The van der Waals surface area contributed by atoms with E-state index in [1.54, 1.807) is 6.20 Å². The predicted molar refractivity (Wildman–Crippen MR) is 45.3 cm³/mol. The zero-order chi connectivity index (χ0) is 8.32. The number of nitrogens with zero attached hydrogens (tertiary/aromatic N) is 2. The molecule has 0 spiro atoms. The van der Waals surface area contributed by atoms with Crippen LogP contribution >= 0.6 is 0 Å². The molecule has 0 aromatic heterocycles. The summed E-state index contributed by atoms with van der Waals surface area (Å²) in [6, 6.07) is 0. The maximum absolute atomic E-state index is 11.5. The van der Waals surface area contributed by atoms with E-state index in [2.05, 4.69) is 18.1 Å². The summed E-state index contributed by atoms with van der Waals surface area (Å²) in [4.78, 5) is 2.05. The molecule has 0 aromatic carbocycles. The minimum absolute atomic E-state index is 0.260. The van der Waals surface area contributed by atoms with Crippen molar-refractivity contribution in [2.45, 2.75) is 0 Å². The fraction of sp³-hybridized carbons (Fsp3) is 0.500. The minimum Gasteiger partial charge on any atom is -0.628 e. The lowest BCUT2D eigenvalue weighted by Gasteiger charge is -2.44. The molecule has 0 radical (unpaired) electrons. The average Bonchev–Trinajstić information content (AvgIpc) is 2.06. The monoisotopic (exact) mass is 154 g/mol. The topological polar surface area (TPSA) is 26.3 Å². The first-order valence-corrected chi connectivity index (χ1v) is 3.78. The zero-order valence-electron chi connectivity index (χ0n) is 6.70. The summed E-state index contributed by atoms with van der Waals surface area (Å²) in [6.07, 6.45) is 3.26. The fourth-order valence-electron chi connectivity index (χ4n) is 1.18. The number of quaternary nitrogens is 1. The van der Waals surface area contributed by atoms with Crippen LogP contribution in [-0.2, 0) is 0 Å². The Kier molecular flexibility index (Phi) is 2.31. The van der Waals surface area contributed by atoms with Gasteiger partial charge in [0.25, 0.3) is 0 Å². The van der Waals surface area contributed by atoms with Crippen molar-refractivity contribution in [2.75, 3.05) is 26.2 Å². The molecular formula is C8H14N2O. The molecule has 1 fully saturated rings. The quantitative estimate of drug-likeness (QED) is 0.436. The van der Waals surface area contributed by atoms with Crippen molar-refractivity contribution in [3.8, 4) is 0 Å². The first-order chi connectivity index (χ1) is 5.20. The summed E-state index contributed by atoms with van der Waals surface area (Å²) in [6.45, 7) is 9.94. The van der Waals surface area contributed by atoms with E-state index in [1.165, 1.54) is 6.20 Å². The van der Waals surface area contributed by atoms with Crippen molar-refractivity contribution >= 4 is 0 Å². The third-order valence-electron chi connectivity index (χ3n) is 2.12. The lowest BCUT2D eigenvalue weighted by molar-refractivity contribution is -0.833. The second kappa shape index (κ2) is 3.07. The molecule has 3 heteroatoms. The summed E-state index contributed by atoms with van der Waals surface area (Å²) < 4.78 is -0.260. The van der Waals surface area contributed by atoms with Crippen molar-refractivity contribution in [1.82, 2.24) is 4.90 Å². The third-order valence-corrected chi connectivity index (χ3v) is 2.12. The van der Waals surface area contributed by atoms with Crippen molar-refractivity contribution in [1.29, 1.82) is 0 Å². The number of hydroxylamine groups is 3. The molecular weight excluding hydrogens is 140 g/mol. The van der Waals surface area contributed by atoms with Crippen LogP contribution in [0.2, 0.25) is 0 Å². The third kappa shape index (κ3) is 1.82. The van der Waals surface area contributed by atoms with Crippen LogP contribution in [0.3, 0.4) is 0 Å². The SMILES string of the molecule is C=CN1CC[N+]([O-])(C=C)CC1. The number of piperazine rings is 1. The van der Waals surface area contributed by atoms with Crippen molar-refractivity contribution in [3.63, 3.8) is 0 Å². The lowest BCUT2D eigenvalue weighted by Crippen LogP contribution is -2.51. The molecule has 1 rings (SSSR count). The van der Waals surface area contributed by atoms with E-state index in [0.717, 1.165) is 13.1 Å². The van der Waals surface area contributed by atoms with Crippen molar-refractivity contribution < 1.29 is 4.65 Å². The van der Waals surface area contributed by atoms with Gasteiger partial charge in [0.2, 0.25) is 0 Å². The minimum atomic E-state index is -0.260. The van der Waals surface area contributed by atoms with Gasteiger partial charge in [-0.3, -0.25) is 0 Å². The van der Waals surface area contributed by atoms with Crippen LogP contribution in [0.25, 0.3) is 0 Å². The molecule has 1 saturated heterocycles. The van der Waals surface area contributed by atoms with E-state index in [0.29, 0.717) is 13.1 Å². The van der Waals surface area contributed by atoms with Crippen molar-refractivity contribution in [2.24, 2.45) is 0 Å². The Balaban J connectivity index is 2.46. The Morgan fingerprint density at radius 2 is 1.82 bits per heavy atom. The molecule has 0 aliphatic carbocycles. The smallest absolute Gasteiger partial charge is 0.100 e. The summed E-state index contributed by atoms with van der Waals surface area (Å²) in [5.41, 5.74) is 0. The van der Waals surface area contributed by atoms with Crippen LogP contribution < -0.4 is 0 Å². The van der Waals surface area contributed by atoms with Gasteiger partial charge in [0.05, 0.1) is 19.3 Å². The first-order valence-electron chi connectivity index (χ1n) is 3.78. The van der Waals surface area contributed by atoms with Crippen molar-refractivity contribution in [3.05, 3.63) is 30.8 Å². The highest BCUT2D eigenvalue weighted by Gasteiger charge is 2.20. The Bertz CT molecular complexity index is 159. The van der Waals surface area contributed by atoms with Gasteiger partial charge in [-0.1, -0.05) is 6.58 Å². The second-order valence-electron chi connectivity index (χ2n) is 2.80. The van der Waals surface area contributed by atoms with E-state index in [1.807, 2.05) is 0 Å². The number of hydrogen-bond acceptors (Lipinski definition) is 2. The summed E-state index contributed by atoms with van der Waals surface area (Å²) in [5.74, 6) is 0. The maximum atomic E-state index is 11.5.